The number of hydrogen-bond donors (Lipinski definition) is 0. The largest absolute Gasteiger partial charge is 0.454 e. The fraction of sp³-hybridized carbons (Fsp3) is 0.120. The maximum atomic E-state index is 12.8. The monoisotopic (exact) mass is 458 g/mol. The second kappa shape index (κ2) is 9.07. The summed E-state index contributed by atoms with van der Waals surface area (Å²) in [4.78, 5) is 61.4. The molecule has 0 aliphatic carbocycles. The highest BCUT2D eigenvalue weighted by molar-refractivity contribution is 6.35. The summed E-state index contributed by atoms with van der Waals surface area (Å²) in [6.07, 6.45) is 0.844. The number of hydrogen-bond acceptors (Lipinski definition) is 7. The molecule has 0 radical (unpaired) electrons. The number of fused-ring (bicyclic) bond motifs is 1. The van der Waals surface area contributed by atoms with Crippen LogP contribution in [0.2, 0.25) is 0 Å². The lowest BCUT2D eigenvalue weighted by Crippen LogP contribution is -2.29. The van der Waals surface area contributed by atoms with E-state index in [0.29, 0.717) is 5.56 Å². The molecule has 0 atom stereocenters. The van der Waals surface area contributed by atoms with Crippen molar-refractivity contribution in [3.8, 4) is 0 Å². The van der Waals surface area contributed by atoms with Crippen LogP contribution in [0, 0.1) is 10.1 Å². The molecule has 0 aromatic heterocycles. The molecule has 4 rings (SSSR count). The normalized spacial score (nSPS) is 12.4. The molecule has 1 aliphatic rings. The Morgan fingerprint density at radius 3 is 2.18 bits per heavy atom. The Kier molecular flexibility index (Phi) is 6.01. The molecule has 0 saturated carbocycles. The van der Waals surface area contributed by atoms with E-state index >= 15 is 0 Å². The van der Waals surface area contributed by atoms with Gasteiger partial charge in [0, 0.05) is 11.6 Å². The lowest BCUT2D eigenvalue weighted by atomic mass is 10.1. The minimum Gasteiger partial charge on any atom is -0.454 e. The first-order chi connectivity index (χ1) is 16.3. The third-order valence-corrected chi connectivity index (χ3v) is 5.47. The van der Waals surface area contributed by atoms with Crippen LogP contribution in [0.4, 0.5) is 11.4 Å². The van der Waals surface area contributed by atoms with Gasteiger partial charge in [0.25, 0.3) is 17.5 Å². The van der Waals surface area contributed by atoms with Gasteiger partial charge in [0.05, 0.1) is 21.7 Å². The van der Waals surface area contributed by atoms with Gasteiger partial charge in [-0.3, -0.25) is 24.5 Å². The number of anilines is 1. The molecule has 3 aromatic carbocycles. The van der Waals surface area contributed by atoms with E-state index < -0.39 is 35.0 Å². The highest BCUT2D eigenvalue weighted by Crippen LogP contribution is 2.33. The van der Waals surface area contributed by atoms with E-state index in [1.54, 1.807) is 12.1 Å². The molecule has 9 heteroatoms. The van der Waals surface area contributed by atoms with Gasteiger partial charge in [-0.1, -0.05) is 37.3 Å². The highest BCUT2D eigenvalue weighted by atomic mass is 16.6. The molecule has 0 spiro atoms. The zero-order valence-corrected chi connectivity index (χ0v) is 18.0. The number of benzene rings is 3. The smallest absolute Gasteiger partial charge is 0.338 e. The van der Waals surface area contributed by atoms with Crippen molar-refractivity contribution in [2.45, 2.75) is 13.3 Å². The molecule has 2 amide bonds. The number of nitro groups is 1. The number of aryl methyl sites for hydroxylation is 1. The molecule has 0 fully saturated rings. The molecular formula is C25H18N2O7. The first-order valence-corrected chi connectivity index (χ1v) is 10.4. The molecule has 1 aliphatic heterocycles. The molecule has 0 bridgehead atoms. The van der Waals surface area contributed by atoms with Gasteiger partial charge in [-0.25, -0.2) is 9.69 Å². The Balaban J connectivity index is 1.45. The van der Waals surface area contributed by atoms with Crippen LogP contribution < -0.4 is 4.90 Å². The lowest BCUT2D eigenvalue weighted by molar-refractivity contribution is -0.385. The van der Waals surface area contributed by atoms with Crippen molar-refractivity contribution in [1.82, 2.24) is 0 Å². The maximum Gasteiger partial charge on any atom is 0.338 e. The topological polar surface area (TPSA) is 124 Å². The van der Waals surface area contributed by atoms with E-state index in [9.17, 15) is 29.3 Å². The van der Waals surface area contributed by atoms with Crippen LogP contribution >= 0.6 is 0 Å². The van der Waals surface area contributed by atoms with Crippen LogP contribution in [0.5, 0.6) is 0 Å². The van der Waals surface area contributed by atoms with Crippen molar-refractivity contribution < 1.29 is 28.8 Å². The van der Waals surface area contributed by atoms with Crippen molar-refractivity contribution in [2.75, 3.05) is 11.5 Å². The van der Waals surface area contributed by atoms with Crippen molar-refractivity contribution >= 4 is 34.9 Å². The van der Waals surface area contributed by atoms with Crippen LogP contribution in [0.15, 0.2) is 66.7 Å². The molecule has 0 N–H and O–H groups in total. The minimum atomic E-state index is -0.817. The fourth-order valence-corrected chi connectivity index (χ4v) is 3.62. The molecular weight excluding hydrogens is 440 g/mol. The number of imide groups is 1. The minimum absolute atomic E-state index is 0.0619. The Morgan fingerprint density at radius 1 is 0.912 bits per heavy atom. The first kappa shape index (κ1) is 22.5. The number of rotatable bonds is 7. The number of carbonyl (C=O) groups is 4. The van der Waals surface area contributed by atoms with Crippen molar-refractivity contribution in [2.24, 2.45) is 0 Å². The number of ketones is 1. The van der Waals surface area contributed by atoms with Crippen LogP contribution in [0.3, 0.4) is 0 Å². The molecule has 34 heavy (non-hydrogen) atoms. The predicted octanol–water partition coefficient (Wildman–Crippen LogP) is 4.00. The van der Waals surface area contributed by atoms with E-state index in [0.717, 1.165) is 23.0 Å². The second-order valence-electron chi connectivity index (χ2n) is 7.50. The number of nitrogens with zero attached hydrogens (tertiary/aromatic N) is 2. The molecule has 1 heterocycles. The van der Waals surface area contributed by atoms with Crippen LogP contribution in [-0.4, -0.2) is 35.1 Å². The van der Waals surface area contributed by atoms with E-state index in [1.807, 2.05) is 19.1 Å². The van der Waals surface area contributed by atoms with Gasteiger partial charge in [0.1, 0.15) is 5.56 Å². The summed E-state index contributed by atoms with van der Waals surface area (Å²) in [5, 5.41) is 11.3. The van der Waals surface area contributed by atoms with Gasteiger partial charge < -0.3 is 4.74 Å². The van der Waals surface area contributed by atoms with Gasteiger partial charge in [0.15, 0.2) is 12.4 Å². The van der Waals surface area contributed by atoms with Crippen LogP contribution in [-0.2, 0) is 11.2 Å². The Morgan fingerprint density at radius 2 is 1.56 bits per heavy atom. The van der Waals surface area contributed by atoms with E-state index in [1.165, 1.54) is 36.4 Å². The van der Waals surface area contributed by atoms with E-state index in [4.69, 9.17) is 4.74 Å². The summed E-state index contributed by atoms with van der Waals surface area (Å²) in [6.45, 7) is 1.57. The predicted molar refractivity (Wildman–Crippen MR) is 121 cm³/mol. The third-order valence-electron chi connectivity index (χ3n) is 5.47. The second-order valence-corrected chi connectivity index (χ2v) is 7.50. The highest BCUT2D eigenvalue weighted by Gasteiger charge is 2.41. The van der Waals surface area contributed by atoms with E-state index in [-0.39, 0.29) is 28.2 Å². The average molecular weight is 458 g/mol. The summed E-state index contributed by atoms with van der Waals surface area (Å²) < 4.78 is 5.09. The quantitative estimate of drug-likeness (QED) is 0.172. The van der Waals surface area contributed by atoms with Gasteiger partial charge in [0.2, 0.25) is 0 Å². The maximum absolute atomic E-state index is 12.8. The summed E-state index contributed by atoms with van der Waals surface area (Å²) in [7, 11) is 0. The van der Waals surface area contributed by atoms with Gasteiger partial charge in [-0.2, -0.15) is 0 Å². The summed E-state index contributed by atoms with van der Waals surface area (Å²) in [5.74, 6) is -2.61. The molecule has 170 valence electrons. The zero-order chi connectivity index (χ0) is 24.4. The number of carbonyl (C=O) groups excluding carboxylic acids is 4. The number of esters is 1. The van der Waals surface area contributed by atoms with Gasteiger partial charge >= 0.3 is 5.97 Å². The Labute approximate surface area is 193 Å². The standard InChI is InChI=1S/C25H18N2O7/c1-2-15-6-8-16(9-7-15)21(28)14-34-25(31)17-10-12-18(13-11-17)26-23(29)19-4-3-5-20(27(32)33)22(19)24(26)30/h3-13H,2,14H2,1H3. The lowest BCUT2D eigenvalue weighted by Gasteiger charge is -2.14. The number of amides is 2. The van der Waals surface area contributed by atoms with Gasteiger partial charge in [-0.05, 0) is 42.3 Å². The fourth-order valence-electron chi connectivity index (χ4n) is 3.62. The first-order valence-electron chi connectivity index (χ1n) is 10.4. The molecule has 0 saturated heterocycles. The summed E-state index contributed by atoms with van der Waals surface area (Å²) >= 11 is 0. The molecule has 9 nitrogen and oxygen atoms in total. The van der Waals surface area contributed by atoms with Crippen LogP contribution in [0.1, 0.15) is 53.9 Å². The molecule has 3 aromatic rings. The number of ether oxygens (including phenoxy) is 1. The van der Waals surface area contributed by atoms with E-state index in [2.05, 4.69) is 0 Å². The summed E-state index contributed by atoms with van der Waals surface area (Å²) in [6, 6.07) is 16.3. The Bertz CT molecular complexity index is 1330. The van der Waals surface area contributed by atoms with Crippen molar-refractivity contribution in [1.29, 1.82) is 0 Å². The summed E-state index contributed by atoms with van der Waals surface area (Å²) in [5.41, 5.74) is 0.984. The number of nitro benzene ring substituents is 1. The van der Waals surface area contributed by atoms with Crippen molar-refractivity contribution in [3.63, 3.8) is 0 Å². The molecule has 0 unspecified atom stereocenters. The average Bonchev–Trinajstić information content (AvgIpc) is 3.12. The third kappa shape index (κ3) is 4.06. The number of Topliss-reactive ketones (excluding diaryl/α,β-unsaturated/α-hetero) is 1. The Hall–Kier alpha value is -4.66. The zero-order valence-electron chi connectivity index (χ0n) is 18.0. The van der Waals surface area contributed by atoms with Crippen LogP contribution in [0.25, 0.3) is 0 Å². The van der Waals surface area contributed by atoms with Crippen molar-refractivity contribution in [3.05, 3.63) is 105 Å². The SMILES string of the molecule is CCc1ccc(C(=O)COC(=O)c2ccc(N3C(=O)c4cccc([N+](=O)[O-])c4C3=O)cc2)cc1. The van der Waals surface area contributed by atoms with Gasteiger partial charge in [-0.15, -0.1) is 0 Å².